The number of rotatable bonds is 6. The predicted octanol–water partition coefficient (Wildman–Crippen LogP) is 2.62. The summed E-state index contributed by atoms with van der Waals surface area (Å²) in [6, 6.07) is 13.0. The first-order valence-corrected chi connectivity index (χ1v) is 7.96. The quantitative estimate of drug-likeness (QED) is 0.634. The summed E-state index contributed by atoms with van der Waals surface area (Å²) in [5.74, 6) is 1.33. The zero-order valence-electron chi connectivity index (χ0n) is 14.1. The number of para-hydroxylation sites is 1. The summed E-state index contributed by atoms with van der Waals surface area (Å²) in [6.07, 6.45) is 0. The Hall–Kier alpha value is -3.42. The predicted molar refractivity (Wildman–Crippen MR) is 93.8 cm³/mol. The van der Waals surface area contributed by atoms with Gasteiger partial charge in [-0.15, -0.1) is 0 Å². The largest absolute Gasteiger partial charge is 0.496 e. The number of amides is 2. The lowest BCUT2D eigenvalue weighted by Gasteiger charge is -2.09. The van der Waals surface area contributed by atoms with Crippen molar-refractivity contribution >= 4 is 6.03 Å². The Kier molecular flexibility index (Phi) is 5.43. The number of methoxy groups -OCH3 is 1. The van der Waals surface area contributed by atoms with Crippen molar-refractivity contribution in [1.29, 1.82) is 0 Å². The van der Waals surface area contributed by atoms with Crippen LogP contribution in [0.15, 0.2) is 48.5 Å². The van der Waals surface area contributed by atoms with Crippen LogP contribution in [0.25, 0.3) is 11.4 Å². The average molecular weight is 355 g/mol. The number of urea groups is 1. The molecule has 0 unspecified atom stereocenters. The maximum absolute atomic E-state index is 12.9. The Morgan fingerprint density at radius 3 is 2.62 bits per heavy atom. The number of nitrogens with zero attached hydrogens (tertiary/aromatic N) is 2. The first kappa shape index (κ1) is 17.4. The molecule has 2 aromatic carbocycles. The molecule has 3 aromatic rings. The molecule has 0 aliphatic carbocycles. The van der Waals surface area contributed by atoms with Crippen LogP contribution in [-0.2, 0) is 13.1 Å². The van der Waals surface area contributed by atoms with E-state index in [4.69, 9.17) is 4.74 Å². The van der Waals surface area contributed by atoms with Crippen molar-refractivity contribution in [2.75, 3.05) is 7.11 Å². The highest BCUT2D eigenvalue weighted by atomic mass is 19.1. The Bertz CT molecular complexity index is 879. The van der Waals surface area contributed by atoms with E-state index in [1.165, 1.54) is 12.1 Å². The number of hydrogen-bond donors (Lipinski definition) is 3. The highest BCUT2D eigenvalue weighted by Gasteiger charge is 2.08. The van der Waals surface area contributed by atoms with Crippen molar-refractivity contribution in [3.8, 4) is 17.1 Å². The third kappa shape index (κ3) is 4.35. The van der Waals surface area contributed by atoms with Crippen LogP contribution >= 0.6 is 0 Å². The van der Waals surface area contributed by atoms with Gasteiger partial charge in [-0.2, -0.15) is 5.10 Å². The number of aromatic nitrogens is 3. The number of carbonyl (C=O) groups excluding carboxylic acids is 1. The molecule has 7 nitrogen and oxygen atoms in total. The Labute approximate surface area is 149 Å². The summed E-state index contributed by atoms with van der Waals surface area (Å²) in [5, 5.41) is 12.3. The minimum atomic E-state index is -0.337. The third-order valence-electron chi connectivity index (χ3n) is 3.68. The zero-order chi connectivity index (χ0) is 18.4. The number of H-pyrrole nitrogens is 1. The minimum absolute atomic E-state index is 0.186. The summed E-state index contributed by atoms with van der Waals surface area (Å²) < 4.78 is 18.2. The van der Waals surface area contributed by atoms with E-state index in [0.717, 1.165) is 5.56 Å². The number of aromatic amines is 1. The monoisotopic (exact) mass is 355 g/mol. The molecule has 8 heteroatoms. The fraction of sp³-hybridized carbons (Fsp3) is 0.167. The molecule has 1 aromatic heterocycles. The number of carbonyl (C=O) groups is 1. The molecule has 0 fully saturated rings. The maximum atomic E-state index is 12.9. The molecular weight excluding hydrogens is 337 g/mol. The highest BCUT2D eigenvalue weighted by molar-refractivity contribution is 5.73. The molecular formula is C18H18FN5O2. The van der Waals surface area contributed by atoms with E-state index >= 15 is 0 Å². The second kappa shape index (κ2) is 8.11. The number of benzene rings is 2. The normalized spacial score (nSPS) is 10.4. The molecule has 0 aliphatic heterocycles. The molecule has 0 spiro atoms. The first-order valence-electron chi connectivity index (χ1n) is 7.96. The lowest BCUT2D eigenvalue weighted by atomic mass is 10.2. The van der Waals surface area contributed by atoms with Gasteiger partial charge in [0.15, 0.2) is 5.82 Å². The van der Waals surface area contributed by atoms with Crippen LogP contribution < -0.4 is 15.4 Å². The van der Waals surface area contributed by atoms with Crippen LogP contribution in [-0.4, -0.2) is 28.3 Å². The second-order valence-electron chi connectivity index (χ2n) is 5.46. The molecule has 0 radical (unpaired) electrons. The lowest BCUT2D eigenvalue weighted by Crippen LogP contribution is -2.34. The fourth-order valence-electron chi connectivity index (χ4n) is 2.35. The molecule has 0 aliphatic rings. The van der Waals surface area contributed by atoms with Crippen LogP contribution in [0.5, 0.6) is 5.75 Å². The van der Waals surface area contributed by atoms with Gasteiger partial charge in [0.05, 0.1) is 13.7 Å². The van der Waals surface area contributed by atoms with E-state index < -0.39 is 0 Å². The van der Waals surface area contributed by atoms with Gasteiger partial charge < -0.3 is 15.4 Å². The Morgan fingerprint density at radius 2 is 1.85 bits per heavy atom. The zero-order valence-corrected chi connectivity index (χ0v) is 14.1. The number of ether oxygens (including phenoxy) is 1. The average Bonchev–Trinajstić information content (AvgIpc) is 3.14. The van der Waals surface area contributed by atoms with Crippen LogP contribution in [0.2, 0.25) is 0 Å². The van der Waals surface area contributed by atoms with Gasteiger partial charge in [-0.1, -0.05) is 18.2 Å². The van der Waals surface area contributed by atoms with E-state index in [0.29, 0.717) is 29.5 Å². The van der Waals surface area contributed by atoms with E-state index in [2.05, 4.69) is 25.8 Å². The molecule has 2 amide bonds. The van der Waals surface area contributed by atoms with Crippen molar-refractivity contribution < 1.29 is 13.9 Å². The summed E-state index contributed by atoms with van der Waals surface area (Å²) in [4.78, 5) is 16.2. The van der Waals surface area contributed by atoms with Crippen LogP contribution in [0.3, 0.4) is 0 Å². The molecule has 3 N–H and O–H groups in total. The van der Waals surface area contributed by atoms with E-state index in [1.54, 1.807) is 19.2 Å². The highest BCUT2D eigenvalue weighted by Crippen LogP contribution is 2.17. The summed E-state index contributed by atoms with van der Waals surface area (Å²) in [6.45, 7) is 0.527. The number of nitrogens with one attached hydrogen (secondary N) is 3. The third-order valence-corrected chi connectivity index (χ3v) is 3.68. The standard InChI is InChI=1S/C18H18FN5O2/c1-26-15-5-3-2-4-13(15)10-20-18(25)21-11-16-22-17(24-23-16)12-6-8-14(19)9-7-12/h2-9H,10-11H2,1H3,(H2,20,21,25)(H,22,23,24). The Balaban J connectivity index is 1.51. The molecule has 0 saturated heterocycles. The number of halogens is 1. The smallest absolute Gasteiger partial charge is 0.315 e. The summed E-state index contributed by atoms with van der Waals surface area (Å²) in [5.41, 5.74) is 1.57. The van der Waals surface area contributed by atoms with Crippen molar-refractivity contribution in [1.82, 2.24) is 25.8 Å². The molecule has 134 valence electrons. The van der Waals surface area contributed by atoms with Gasteiger partial charge in [-0.25, -0.2) is 14.2 Å². The summed E-state index contributed by atoms with van der Waals surface area (Å²) in [7, 11) is 1.58. The van der Waals surface area contributed by atoms with Crippen LogP contribution in [0.1, 0.15) is 11.4 Å². The van der Waals surface area contributed by atoms with Gasteiger partial charge in [0, 0.05) is 17.7 Å². The van der Waals surface area contributed by atoms with Gasteiger partial charge in [0.25, 0.3) is 0 Å². The molecule has 0 atom stereocenters. The maximum Gasteiger partial charge on any atom is 0.315 e. The van der Waals surface area contributed by atoms with E-state index in [-0.39, 0.29) is 18.4 Å². The van der Waals surface area contributed by atoms with Crippen molar-refractivity contribution in [2.24, 2.45) is 0 Å². The minimum Gasteiger partial charge on any atom is -0.496 e. The lowest BCUT2D eigenvalue weighted by molar-refractivity contribution is 0.239. The van der Waals surface area contributed by atoms with Gasteiger partial charge in [0.1, 0.15) is 17.4 Å². The first-order chi connectivity index (χ1) is 12.7. The Morgan fingerprint density at radius 1 is 1.12 bits per heavy atom. The fourth-order valence-corrected chi connectivity index (χ4v) is 2.35. The number of hydrogen-bond acceptors (Lipinski definition) is 4. The molecule has 1 heterocycles. The van der Waals surface area contributed by atoms with Crippen molar-refractivity contribution in [3.63, 3.8) is 0 Å². The molecule has 0 bridgehead atoms. The topological polar surface area (TPSA) is 91.9 Å². The van der Waals surface area contributed by atoms with Crippen molar-refractivity contribution in [3.05, 3.63) is 65.7 Å². The van der Waals surface area contributed by atoms with Crippen LogP contribution in [0.4, 0.5) is 9.18 Å². The van der Waals surface area contributed by atoms with Crippen molar-refractivity contribution in [2.45, 2.75) is 13.1 Å². The van der Waals surface area contributed by atoms with E-state index in [9.17, 15) is 9.18 Å². The van der Waals surface area contributed by atoms with Gasteiger partial charge in [0.2, 0.25) is 0 Å². The van der Waals surface area contributed by atoms with Gasteiger partial charge >= 0.3 is 6.03 Å². The SMILES string of the molecule is COc1ccccc1CNC(=O)NCc1nc(-c2ccc(F)cc2)n[nH]1. The van der Waals surface area contributed by atoms with E-state index in [1.807, 2.05) is 24.3 Å². The summed E-state index contributed by atoms with van der Waals surface area (Å²) >= 11 is 0. The second-order valence-corrected chi connectivity index (χ2v) is 5.46. The molecule has 3 rings (SSSR count). The van der Waals surface area contributed by atoms with Gasteiger partial charge in [-0.05, 0) is 30.3 Å². The van der Waals surface area contributed by atoms with Crippen LogP contribution in [0, 0.1) is 5.82 Å². The van der Waals surface area contributed by atoms with Gasteiger partial charge in [-0.3, -0.25) is 5.10 Å². The molecule has 0 saturated carbocycles. The molecule has 26 heavy (non-hydrogen) atoms.